The number of aromatic amines is 1. The number of hydrogen-bond donors (Lipinski definition) is 4. The van der Waals surface area contributed by atoms with Crippen LogP contribution in [-0.4, -0.2) is 46.5 Å². The number of H-pyrrole nitrogens is 1. The Balaban J connectivity index is 1.82. The van der Waals surface area contributed by atoms with E-state index < -0.39 is 0 Å². The van der Waals surface area contributed by atoms with Crippen molar-refractivity contribution in [3.63, 3.8) is 0 Å². The van der Waals surface area contributed by atoms with Crippen molar-refractivity contribution >= 4 is 35.1 Å². The van der Waals surface area contributed by atoms with E-state index in [9.17, 15) is 9.59 Å². The van der Waals surface area contributed by atoms with E-state index in [0.717, 1.165) is 5.82 Å². The number of carbonyl (C=O) groups is 2. The van der Waals surface area contributed by atoms with E-state index in [4.69, 9.17) is 4.74 Å². The zero-order chi connectivity index (χ0) is 18.2. The smallest absolute Gasteiger partial charge is 0.319 e. The number of rotatable bonds is 7. The summed E-state index contributed by atoms with van der Waals surface area (Å²) in [7, 11) is 1.51. The number of methoxy groups -OCH3 is 1. The third kappa shape index (κ3) is 5.99. The van der Waals surface area contributed by atoms with Gasteiger partial charge in [-0.3, -0.25) is 9.89 Å². The summed E-state index contributed by atoms with van der Waals surface area (Å²) in [5.41, 5.74) is 1.03. The highest BCUT2D eigenvalue weighted by Gasteiger charge is 2.08. The molecule has 0 spiro atoms. The first-order valence-corrected chi connectivity index (χ1v) is 8.49. The maximum atomic E-state index is 11.9. The van der Waals surface area contributed by atoms with Crippen LogP contribution in [0.3, 0.4) is 0 Å². The normalized spacial score (nSPS) is 10.2. The maximum Gasteiger partial charge on any atom is 0.319 e. The lowest BCUT2D eigenvalue weighted by molar-refractivity contribution is -0.114. The molecule has 25 heavy (non-hydrogen) atoms. The van der Waals surface area contributed by atoms with Crippen molar-refractivity contribution in [1.29, 1.82) is 0 Å². The zero-order valence-corrected chi connectivity index (χ0v) is 15.0. The van der Waals surface area contributed by atoms with E-state index in [1.54, 1.807) is 18.2 Å². The molecule has 0 saturated carbocycles. The van der Waals surface area contributed by atoms with Gasteiger partial charge in [-0.05, 0) is 25.1 Å². The van der Waals surface area contributed by atoms with Crippen LogP contribution in [-0.2, 0) is 4.79 Å². The van der Waals surface area contributed by atoms with E-state index in [2.05, 4.69) is 31.1 Å². The van der Waals surface area contributed by atoms with E-state index in [0.29, 0.717) is 34.6 Å². The topological polar surface area (TPSA) is 121 Å². The number of benzene rings is 1. The Bertz CT molecular complexity index is 749. The van der Waals surface area contributed by atoms with Crippen LogP contribution < -0.4 is 20.7 Å². The molecule has 0 aliphatic carbocycles. The number of amides is 3. The van der Waals surface area contributed by atoms with E-state index in [-0.39, 0.29) is 11.9 Å². The predicted octanol–water partition coefficient (Wildman–Crippen LogP) is 1.99. The molecule has 4 N–H and O–H groups in total. The van der Waals surface area contributed by atoms with Crippen LogP contribution in [0.4, 0.5) is 16.2 Å². The third-order valence-corrected chi connectivity index (χ3v) is 3.81. The zero-order valence-electron chi connectivity index (χ0n) is 14.2. The van der Waals surface area contributed by atoms with Gasteiger partial charge in [-0.1, -0.05) is 11.8 Å². The highest BCUT2D eigenvalue weighted by atomic mass is 32.2. The van der Waals surface area contributed by atoms with Crippen molar-refractivity contribution in [2.75, 3.05) is 30.0 Å². The fourth-order valence-corrected chi connectivity index (χ4v) is 2.64. The number of thioether (sulfide) groups is 1. The summed E-state index contributed by atoms with van der Waals surface area (Å²) in [4.78, 5) is 27.3. The van der Waals surface area contributed by atoms with Crippen LogP contribution in [0.25, 0.3) is 0 Å². The molecule has 9 nitrogen and oxygen atoms in total. The standard InChI is InChI=1S/C15H20N6O3S/c1-9-17-15(21-20-9)25-7-6-16-14(23)19-11-4-5-13(24-3)12(8-11)18-10(2)22/h4-5,8H,6-7H2,1-3H3,(H,18,22)(H2,16,19,23)(H,17,20,21). The van der Waals surface area contributed by atoms with Gasteiger partial charge in [-0.25, -0.2) is 9.78 Å². The quantitative estimate of drug-likeness (QED) is 0.440. The molecule has 0 aliphatic rings. The molecular weight excluding hydrogens is 344 g/mol. The number of ether oxygens (including phenoxy) is 1. The number of nitrogens with one attached hydrogen (secondary N) is 4. The summed E-state index contributed by atoms with van der Waals surface area (Å²) in [5, 5.41) is 15.5. The number of nitrogens with zero attached hydrogens (tertiary/aromatic N) is 2. The Morgan fingerprint density at radius 3 is 2.76 bits per heavy atom. The van der Waals surface area contributed by atoms with Gasteiger partial charge >= 0.3 is 6.03 Å². The Labute approximate surface area is 149 Å². The Morgan fingerprint density at radius 1 is 1.32 bits per heavy atom. The highest BCUT2D eigenvalue weighted by molar-refractivity contribution is 7.99. The first-order chi connectivity index (χ1) is 12.0. The van der Waals surface area contributed by atoms with Crippen LogP contribution in [0.1, 0.15) is 12.7 Å². The molecule has 1 heterocycles. The SMILES string of the molecule is COc1ccc(NC(=O)NCCSc2n[nH]c(C)n2)cc1NC(C)=O. The molecule has 134 valence electrons. The molecular formula is C15H20N6O3S. The molecule has 2 rings (SSSR count). The van der Waals surface area contributed by atoms with Crippen molar-refractivity contribution in [3.8, 4) is 5.75 Å². The van der Waals surface area contributed by atoms with E-state index in [1.165, 1.54) is 25.8 Å². The van der Waals surface area contributed by atoms with E-state index >= 15 is 0 Å². The summed E-state index contributed by atoms with van der Waals surface area (Å²) in [5.74, 6) is 1.69. The van der Waals surface area contributed by atoms with Crippen molar-refractivity contribution in [1.82, 2.24) is 20.5 Å². The van der Waals surface area contributed by atoms with Gasteiger partial charge in [0.2, 0.25) is 11.1 Å². The van der Waals surface area contributed by atoms with Crippen LogP contribution in [0.15, 0.2) is 23.4 Å². The summed E-state index contributed by atoms with van der Waals surface area (Å²) < 4.78 is 5.17. The van der Waals surface area contributed by atoms with Crippen LogP contribution in [0, 0.1) is 6.92 Å². The molecule has 0 fully saturated rings. The average molecular weight is 364 g/mol. The molecule has 0 radical (unpaired) electrons. The Kier molecular flexibility index (Phi) is 6.63. The van der Waals surface area contributed by atoms with Crippen molar-refractivity contribution in [3.05, 3.63) is 24.0 Å². The molecule has 2 aromatic rings. The lowest BCUT2D eigenvalue weighted by Crippen LogP contribution is -2.30. The Hall–Kier alpha value is -2.75. The summed E-state index contributed by atoms with van der Waals surface area (Å²) >= 11 is 1.44. The number of hydrogen-bond acceptors (Lipinski definition) is 6. The lowest BCUT2D eigenvalue weighted by Gasteiger charge is -2.12. The second kappa shape index (κ2) is 8.92. The number of urea groups is 1. The molecule has 3 amide bonds. The molecule has 0 bridgehead atoms. The number of aromatic nitrogens is 3. The van der Waals surface area contributed by atoms with Crippen LogP contribution in [0.5, 0.6) is 5.75 Å². The largest absolute Gasteiger partial charge is 0.495 e. The van der Waals surface area contributed by atoms with Gasteiger partial charge in [-0.2, -0.15) is 0 Å². The van der Waals surface area contributed by atoms with Gasteiger partial charge in [0, 0.05) is 24.9 Å². The third-order valence-electron chi connectivity index (χ3n) is 2.96. The fraction of sp³-hybridized carbons (Fsp3) is 0.333. The lowest BCUT2D eigenvalue weighted by atomic mass is 10.2. The van der Waals surface area contributed by atoms with Crippen molar-refractivity contribution in [2.24, 2.45) is 0 Å². The Morgan fingerprint density at radius 2 is 2.12 bits per heavy atom. The highest BCUT2D eigenvalue weighted by Crippen LogP contribution is 2.27. The minimum Gasteiger partial charge on any atom is -0.495 e. The van der Waals surface area contributed by atoms with Gasteiger partial charge in [0.05, 0.1) is 12.8 Å². The molecule has 1 aromatic carbocycles. The number of carbonyl (C=O) groups excluding carboxylic acids is 2. The van der Waals surface area contributed by atoms with Gasteiger partial charge in [0.1, 0.15) is 11.6 Å². The van der Waals surface area contributed by atoms with Crippen molar-refractivity contribution in [2.45, 2.75) is 19.0 Å². The summed E-state index contributed by atoms with van der Waals surface area (Å²) in [6.07, 6.45) is 0. The molecule has 10 heteroatoms. The second-order valence-electron chi connectivity index (χ2n) is 5.03. The summed E-state index contributed by atoms with van der Waals surface area (Å²) in [6.45, 7) is 3.69. The van der Waals surface area contributed by atoms with E-state index in [1.807, 2.05) is 6.92 Å². The minimum absolute atomic E-state index is 0.223. The minimum atomic E-state index is -0.342. The van der Waals surface area contributed by atoms with Gasteiger partial charge in [-0.15, -0.1) is 5.10 Å². The fourth-order valence-electron chi connectivity index (χ4n) is 1.94. The van der Waals surface area contributed by atoms with Gasteiger partial charge < -0.3 is 20.7 Å². The van der Waals surface area contributed by atoms with Crippen LogP contribution >= 0.6 is 11.8 Å². The molecule has 0 saturated heterocycles. The van der Waals surface area contributed by atoms with Crippen molar-refractivity contribution < 1.29 is 14.3 Å². The first-order valence-electron chi connectivity index (χ1n) is 7.50. The molecule has 0 atom stereocenters. The second-order valence-corrected chi connectivity index (χ2v) is 6.09. The van der Waals surface area contributed by atoms with Gasteiger partial charge in [0.25, 0.3) is 0 Å². The predicted molar refractivity (Wildman–Crippen MR) is 96.2 cm³/mol. The maximum absolute atomic E-state index is 11.9. The van der Waals surface area contributed by atoms with Crippen LogP contribution in [0.2, 0.25) is 0 Å². The number of aryl methyl sites for hydroxylation is 1. The molecule has 0 aliphatic heterocycles. The molecule has 1 aromatic heterocycles. The monoisotopic (exact) mass is 364 g/mol. The first kappa shape index (κ1) is 18.6. The average Bonchev–Trinajstić information content (AvgIpc) is 2.97. The number of anilines is 2. The summed E-state index contributed by atoms with van der Waals surface area (Å²) in [6, 6.07) is 4.65. The van der Waals surface area contributed by atoms with Gasteiger partial charge in [0.15, 0.2) is 0 Å². The molecule has 0 unspecified atom stereocenters.